The van der Waals surface area contributed by atoms with Crippen molar-refractivity contribution in [1.29, 1.82) is 0 Å². The van der Waals surface area contributed by atoms with E-state index in [9.17, 15) is 0 Å². The lowest BCUT2D eigenvalue weighted by atomic mass is 9.94. The third kappa shape index (κ3) is 8.11. The Morgan fingerprint density at radius 3 is 0.781 bits per heavy atom. The number of hydrogen-bond donors (Lipinski definition) is 0. The van der Waals surface area contributed by atoms with Crippen LogP contribution in [0.1, 0.15) is 66.8 Å². The molecule has 11 heteroatoms. The van der Waals surface area contributed by atoms with Crippen LogP contribution >= 0.6 is 0 Å². The van der Waals surface area contributed by atoms with Gasteiger partial charge in [-0.3, -0.25) is 0 Å². The van der Waals surface area contributed by atoms with Crippen molar-refractivity contribution in [3.63, 3.8) is 0 Å². The van der Waals surface area contributed by atoms with Crippen LogP contribution in [0.3, 0.4) is 0 Å². The average Bonchev–Trinajstić information content (AvgIpc) is 3.40. The molecule has 330 valence electrons. The maximum absolute atomic E-state index is 6.53. The van der Waals surface area contributed by atoms with Crippen LogP contribution in [0, 0.1) is 0 Å². The molecule has 0 amide bonds. The minimum absolute atomic E-state index is 0.267. The normalized spacial score (nSPS) is 15.0. The molecule has 18 bridgehead atoms. The fraction of sp³-hybridized carbons (Fsp3) is 0.321. The minimum Gasteiger partial charge on any atom is -0.493 e. The molecule has 0 radical (unpaired) electrons. The summed E-state index contributed by atoms with van der Waals surface area (Å²) in [6, 6.07) is 27.4. The maximum atomic E-state index is 6.53. The number of ether oxygens (including phenoxy) is 11. The maximum Gasteiger partial charge on any atom is 0.161 e. The molecule has 0 N–H and O–H groups in total. The highest BCUT2D eigenvalue weighted by atomic mass is 16.6. The molecule has 6 aromatic carbocycles. The van der Waals surface area contributed by atoms with Crippen LogP contribution in [-0.2, 0) is 38.5 Å². The highest BCUT2D eigenvalue weighted by Gasteiger charge is 2.25. The van der Waals surface area contributed by atoms with Gasteiger partial charge < -0.3 is 52.1 Å². The van der Waals surface area contributed by atoms with E-state index in [-0.39, 0.29) is 26.4 Å². The predicted molar refractivity (Wildman–Crippen MR) is 241 cm³/mol. The summed E-state index contributed by atoms with van der Waals surface area (Å²) in [5.74, 6) is 7.18. The zero-order valence-electron chi connectivity index (χ0n) is 37.0. The molecule has 0 fully saturated rings. The first-order valence-electron chi connectivity index (χ1n) is 21.8. The molecule has 0 aromatic heterocycles. The van der Waals surface area contributed by atoms with Gasteiger partial charge >= 0.3 is 0 Å². The van der Waals surface area contributed by atoms with Crippen LogP contribution in [0.25, 0.3) is 0 Å². The number of benzene rings is 6. The largest absolute Gasteiger partial charge is 0.493 e. The first-order valence-corrected chi connectivity index (χ1v) is 21.8. The molecule has 0 saturated heterocycles. The second kappa shape index (κ2) is 17.7. The van der Waals surface area contributed by atoms with Gasteiger partial charge in [-0.25, -0.2) is 0 Å². The smallest absolute Gasteiger partial charge is 0.161 e. The quantitative estimate of drug-likeness (QED) is 0.166. The lowest BCUT2D eigenvalue weighted by Crippen LogP contribution is -2.12. The topological polar surface area (TPSA) is 102 Å². The standard InChI is InChI=1S/C53H52O11/c1-54-44-21-34-15-32-20-43-7-6-31(32)14-33-26-49-45(55-2)22-35(33)16-39(34)27-51(44)62-12-13-64-53-29-41-18-36-23-46(56-3)50(60-9-8-59-43)28-40(36)17-37-24-47(57-4)52(63-11-10-61-49)30-42(37)19-38(41)25-48(53)58-5/h6-7,20-30H,8-19H2,1-5H3. The van der Waals surface area contributed by atoms with E-state index >= 15 is 0 Å². The third-order valence-corrected chi connectivity index (χ3v) is 12.7. The van der Waals surface area contributed by atoms with Crippen LogP contribution in [0.2, 0.25) is 0 Å². The summed E-state index contributed by atoms with van der Waals surface area (Å²) >= 11 is 0. The van der Waals surface area contributed by atoms with Gasteiger partial charge in [0.1, 0.15) is 45.4 Å². The Balaban J connectivity index is 1.18. The van der Waals surface area contributed by atoms with Gasteiger partial charge in [-0.05, 0) is 178 Å². The molecule has 6 aromatic rings. The second-order valence-corrected chi connectivity index (χ2v) is 16.4. The van der Waals surface area contributed by atoms with Crippen molar-refractivity contribution in [2.24, 2.45) is 0 Å². The molecule has 11 nitrogen and oxygen atoms in total. The minimum atomic E-state index is 0.267. The molecule has 2 aliphatic carbocycles. The van der Waals surface area contributed by atoms with Crippen LogP contribution < -0.4 is 52.1 Å². The molecule has 0 unspecified atom stereocenters. The first kappa shape index (κ1) is 41.1. The van der Waals surface area contributed by atoms with Crippen molar-refractivity contribution in [3.8, 4) is 63.2 Å². The zero-order valence-corrected chi connectivity index (χ0v) is 37.0. The Kier molecular flexibility index (Phi) is 11.4. The van der Waals surface area contributed by atoms with Crippen LogP contribution in [0.4, 0.5) is 0 Å². The SMILES string of the molecule is COc1cc2c3cc1OCCOc1ccc4c(c1)Cc1cc(OC)c5cc1Cc1cc(OC)c(cc1C4)OCCOc1cc(c(cc1OC)C3)Cc1cc(OC)c(cc1C2)OCCO5. The summed E-state index contributed by atoms with van der Waals surface area (Å²) in [7, 11) is 8.38. The van der Waals surface area contributed by atoms with Crippen molar-refractivity contribution in [3.05, 3.63) is 146 Å². The summed E-state index contributed by atoms with van der Waals surface area (Å²) < 4.78 is 69.0. The van der Waals surface area contributed by atoms with Crippen LogP contribution in [0.5, 0.6) is 63.2 Å². The third-order valence-electron chi connectivity index (χ3n) is 12.7. The summed E-state index contributed by atoms with van der Waals surface area (Å²) in [4.78, 5) is 0. The highest BCUT2D eigenvalue weighted by molar-refractivity contribution is 5.60. The molecule has 0 atom stereocenters. The molecular formula is C53H52O11. The molecule has 12 aliphatic heterocycles. The van der Waals surface area contributed by atoms with Crippen LogP contribution in [-0.4, -0.2) is 75.2 Å². The molecule has 0 saturated carbocycles. The van der Waals surface area contributed by atoms with E-state index in [4.69, 9.17) is 52.1 Å². The van der Waals surface area contributed by atoms with Crippen LogP contribution in [0.15, 0.2) is 78.9 Å². The fourth-order valence-electron chi connectivity index (χ4n) is 9.41. The monoisotopic (exact) mass is 864 g/mol. The van der Waals surface area contributed by atoms with E-state index in [1.807, 2.05) is 6.07 Å². The summed E-state index contributed by atoms with van der Waals surface area (Å²) in [5.41, 5.74) is 13.4. The van der Waals surface area contributed by atoms with Gasteiger partial charge in [0.15, 0.2) is 57.5 Å². The van der Waals surface area contributed by atoms with E-state index in [0.717, 1.165) is 66.9 Å². The number of rotatable bonds is 5. The Morgan fingerprint density at radius 1 is 0.266 bits per heavy atom. The van der Waals surface area contributed by atoms with Crippen molar-refractivity contribution in [1.82, 2.24) is 0 Å². The fourth-order valence-corrected chi connectivity index (χ4v) is 9.41. The lowest BCUT2D eigenvalue weighted by molar-refractivity contribution is 0.205. The number of hydrogen-bond acceptors (Lipinski definition) is 11. The van der Waals surface area contributed by atoms with Gasteiger partial charge in [-0.1, -0.05) is 6.07 Å². The zero-order chi connectivity index (χ0) is 43.7. The highest BCUT2D eigenvalue weighted by Crippen LogP contribution is 2.43. The van der Waals surface area contributed by atoms with Crippen molar-refractivity contribution >= 4 is 0 Å². The average molecular weight is 865 g/mol. The lowest BCUT2D eigenvalue weighted by Gasteiger charge is -2.20. The predicted octanol–water partition coefficient (Wildman–Crippen LogP) is 8.90. The Morgan fingerprint density at radius 2 is 0.500 bits per heavy atom. The first-order chi connectivity index (χ1) is 31.4. The molecule has 64 heavy (non-hydrogen) atoms. The molecule has 14 aliphatic rings. The molecule has 12 heterocycles. The van der Waals surface area contributed by atoms with Gasteiger partial charge in [0.05, 0.1) is 35.5 Å². The number of methoxy groups -OCH3 is 5. The van der Waals surface area contributed by atoms with E-state index < -0.39 is 0 Å². The van der Waals surface area contributed by atoms with E-state index in [2.05, 4.69) is 72.8 Å². The second-order valence-electron chi connectivity index (χ2n) is 16.4. The van der Waals surface area contributed by atoms with Gasteiger partial charge in [-0.15, -0.1) is 0 Å². The van der Waals surface area contributed by atoms with Crippen molar-refractivity contribution < 1.29 is 52.1 Å². The van der Waals surface area contributed by atoms with Gasteiger partial charge in [0.2, 0.25) is 0 Å². The molecule has 20 rings (SSSR count). The van der Waals surface area contributed by atoms with E-state index in [0.29, 0.717) is 109 Å². The summed E-state index contributed by atoms with van der Waals surface area (Å²) in [5, 5.41) is 0. The molecular weight excluding hydrogens is 813 g/mol. The van der Waals surface area contributed by atoms with Gasteiger partial charge in [-0.2, -0.15) is 0 Å². The Hall–Kier alpha value is -6.88. The van der Waals surface area contributed by atoms with Crippen molar-refractivity contribution in [2.75, 3.05) is 75.2 Å². The Bertz CT molecular complexity index is 2730. The van der Waals surface area contributed by atoms with Crippen molar-refractivity contribution in [2.45, 2.75) is 38.5 Å². The van der Waals surface area contributed by atoms with E-state index in [1.165, 1.54) is 5.56 Å². The molecule has 0 spiro atoms. The summed E-state index contributed by atoms with van der Waals surface area (Å²) in [6.07, 6.45) is 3.80. The summed E-state index contributed by atoms with van der Waals surface area (Å²) in [6.45, 7) is 1.72. The Labute approximate surface area is 373 Å². The van der Waals surface area contributed by atoms with Gasteiger partial charge in [0, 0.05) is 0 Å². The van der Waals surface area contributed by atoms with E-state index in [1.54, 1.807) is 35.5 Å². The van der Waals surface area contributed by atoms with Gasteiger partial charge in [0.25, 0.3) is 0 Å².